The van der Waals surface area contributed by atoms with Crippen LogP contribution in [-0.4, -0.2) is 42.4 Å². The second-order valence-corrected chi connectivity index (χ2v) is 4.22. The van der Waals surface area contributed by atoms with Gasteiger partial charge in [-0.2, -0.15) is 0 Å². The molecule has 1 aliphatic heterocycles. The summed E-state index contributed by atoms with van der Waals surface area (Å²) in [5, 5.41) is 21.6. The van der Waals surface area contributed by atoms with Crippen LogP contribution in [0.5, 0.6) is 0 Å². The molecular formula is C11H15BN2O4. The highest BCUT2D eigenvalue weighted by molar-refractivity contribution is 6.62. The average Bonchev–Trinajstić information content (AvgIpc) is 2.51. The van der Waals surface area contributed by atoms with Gasteiger partial charge < -0.3 is 25.8 Å². The summed E-state index contributed by atoms with van der Waals surface area (Å²) in [5.74, 6) is -1.03. The van der Waals surface area contributed by atoms with Crippen LogP contribution >= 0.6 is 0 Å². The zero-order valence-electron chi connectivity index (χ0n) is 9.80. The molecular weight excluding hydrogens is 235 g/mol. The van der Waals surface area contributed by atoms with E-state index in [-0.39, 0.29) is 6.42 Å². The van der Waals surface area contributed by atoms with Crippen LogP contribution in [0.25, 0.3) is 0 Å². The third-order valence-corrected chi connectivity index (χ3v) is 2.85. The number of nitrogens with two attached hydrogens (primary N) is 1. The molecule has 1 atom stereocenters. The maximum absolute atomic E-state index is 10.7. The fourth-order valence-corrected chi connectivity index (χ4v) is 1.89. The van der Waals surface area contributed by atoms with Crippen LogP contribution < -0.4 is 16.5 Å². The lowest BCUT2D eigenvalue weighted by molar-refractivity contribution is -0.138. The fourth-order valence-electron chi connectivity index (χ4n) is 1.89. The quantitative estimate of drug-likeness (QED) is 0.501. The Labute approximate surface area is 105 Å². The highest BCUT2D eigenvalue weighted by Crippen LogP contribution is 2.13. The van der Waals surface area contributed by atoms with Gasteiger partial charge in [0.2, 0.25) is 0 Å². The minimum absolute atomic E-state index is 0.251. The van der Waals surface area contributed by atoms with E-state index in [4.69, 9.17) is 15.5 Å². The Morgan fingerprint density at radius 3 is 3.11 bits per heavy atom. The van der Waals surface area contributed by atoms with Crippen LogP contribution in [0.1, 0.15) is 5.56 Å². The molecule has 0 aliphatic carbocycles. The van der Waals surface area contributed by atoms with Crippen molar-refractivity contribution in [2.45, 2.75) is 12.5 Å². The Morgan fingerprint density at radius 2 is 2.39 bits per heavy atom. The summed E-state index contributed by atoms with van der Waals surface area (Å²) in [6, 6.07) is 4.36. The number of carboxylic acids is 1. The number of carbonyl (C=O) groups is 1. The molecule has 5 N–H and O–H groups in total. The standard InChI is InChI=1S/C11H15BN2O4/c13-9(11(15)16)5-7-1-2-8-10(6-7)14-3-4-18-12(8)17/h1-2,6,9,14,17H,3-5,13H2,(H,15,16). The third-order valence-electron chi connectivity index (χ3n) is 2.85. The summed E-state index contributed by atoms with van der Waals surface area (Å²) in [5.41, 5.74) is 7.71. The number of carboxylic acid groups (broad SMARTS) is 1. The predicted octanol–water partition coefficient (Wildman–Crippen LogP) is -1.23. The molecule has 1 aliphatic rings. The SMILES string of the molecule is NC(Cc1ccc2c(c1)NCCOB2O)C(=O)O. The van der Waals surface area contributed by atoms with Gasteiger partial charge in [-0.25, -0.2) is 0 Å². The van der Waals surface area contributed by atoms with Gasteiger partial charge in [0.25, 0.3) is 0 Å². The zero-order chi connectivity index (χ0) is 13.1. The summed E-state index contributed by atoms with van der Waals surface area (Å²) < 4.78 is 5.16. The second kappa shape index (κ2) is 5.39. The molecule has 7 heteroatoms. The van der Waals surface area contributed by atoms with Crippen molar-refractivity contribution < 1.29 is 19.6 Å². The van der Waals surface area contributed by atoms with Gasteiger partial charge in [-0.05, 0) is 18.1 Å². The van der Waals surface area contributed by atoms with Crippen molar-refractivity contribution in [2.75, 3.05) is 18.5 Å². The van der Waals surface area contributed by atoms with Gasteiger partial charge in [-0.1, -0.05) is 12.1 Å². The number of nitrogens with one attached hydrogen (secondary N) is 1. The van der Waals surface area contributed by atoms with Crippen molar-refractivity contribution in [3.8, 4) is 0 Å². The first-order valence-electron chi connectivity index (χ1n) is 5.72. The van der Waals surface area contributed by atoms with Gasteiger partial charge in [0, 0.05) is 24.3 Å². The highest BCUT2D eigenvalue weighted by atomic mass is 16.5. The zero-order valence-corrected chi connectivity index (χ0v) is 9.80. The molecule has 0 fully saturated rings. The van der Waals surface area contributed by atoms with Gasteiger partial charge in [-0.15, -0.1) is 0 Å². The molecule has 0 spiro atoms. The van der Waals surface area contributed by atoms with E-state index < -0.39 is 19.1 Å². The number of hydrogen-bond acceptors (Lipinski definition) is 5. The Bertz CT molecular complexity index is 455. The summed E-state index contributed by atoms with van der Waals surface area (Å²) in [6.07, 6.45) is 0.251. The van der Waals surface area contributed by atoms with Crippen LogP contribution in [0.3, 0.4) is 0 Å². The van der Waals surface area contributed by atoms with Crippen molar-refractivity contribution in [1.29, 1.82) is 0 Å². The Morgan fingerprint density at radius 1 is 1.61 bits per heavy atom. The number of anilines is 1. The Kier molecular flexibility index (Phi) is 3.85. The Balaban J connectivity index is 2.21. The molecule has 1 heterocycles. The maximum Gasteiger partial charge on any atom is 0.493 e. The number of hydrogen-bond donors (Lipinski definition) is 4. The van der Waals surface area contributed by atoms with Crippen LogP contribution in [0.2, 0.25) is 0 Å². The molecule has 96 valence electrons. The van der Waals surface area contributed by atoms with E-state index in [1.807, 2.05) is 0 Å². The molecule has 0 radical (unpaired) electrons. The first kappa shape index (κ1) is 12.9. The van der Waals surface area contributed by atoms with Crippen molar-refractivity contribution in [2.24, 2.45) is 5.73 Å². The maximum atomic E-state index is 10.7. The summed E-state index contributed by atoms with van der Waals surface area (Å²) in [7, 11) is -0.947. The molecule has 18 heavy (non-hydrogen) atoms. The van der Waals surface area contributed by atoms with Crippen LogP contribution in [0.15, 0.2) is 18.2 Å². The molecule has 0 saturated carbocycles. The minimum Gasteiger partial charge on any atom is -0.480 e. The average molecular weight is 250 g/mol. The van der Waals surface area contributed by atoms with Gasteiger partial charge in [0.05, 0.1) is 0 Å². The van der Waals surface area contributed by atoms with Crippen molar-refractivity contribution >= 4 is 24.2 Å². The summed E-state index contributed by atoms with van der Waals surface area (Å²) in [6.45, 7) is 1.01. The van der Waals surface area contributed by atoms with Gasteiger partial charge in [0.1, 0.15) is 6.04 Å². The normalized spacial score (nSPS) is 16.4. The van der Waals surface area contributed by atoms with E-state index in [0.717, 1.165) is 11.3 Å². The summed E-state index contributed by atoms with van der Waals surface area (Å²) >= 11 is 0. The summed E-state index contributed by atoms with van der Waals surface area (Å²) in [4.78, 5) is 10.7. The molecule has 0 bridgehead atoms. The molecule has 1 aromatic rings. The van der Waals surface area contributed by atoms with E-state index in [0.29, 0.717) is 18.6 Å². The number of fused-ring (bicyclic) bond motifs is 1. The van der Waals surface area contributed by atoms with Crippen LogP contribution in [0, 0.1) is 0 Å². The van der Waals surface area contributed by atoms with Crippen molar-refractivity contribution in [3.63, 3.8) is 0 Å². The smallest absolute Gasteiger partial charge is 0.480 e. The second-order valence-electron chi connectivity index (χ2n) is 4.22. The first-order valence-corrected chi connectivity index (χ1v) is 5.72. The van der Waals surface area contributed by atoms with Crippen LogP contribution in [0.4, 0.5) is 5.69 Å². The lowest BCUT2D eigenvalue weighted by atomic mass is 9.78. The number of rotatable bonds is 3. The third kappa shape index (κ3) is 2.81. The van der Waals surface area contributed by atoms with E-state index in [1.54, 1.807) is 18.2 Å². The predicted molar refractivity (Wildman–Crippen MR) is 67.8 cm³/mol. The minimum atomic E-state index is -1.03. The lowest BCUT2D eigenvalue weighted by Crippen LogP contribution is -2.34. The molecule has 2 rings (SSSR count). The molecule has 1 unspecified atom stereocenters. The molecule has 0 amide bonds. The monoisotopic (exact) mass is 250 g/mol. The van der Waals surface area contributed by atoms with Crippen LogP contribution in [-0.2, 0) is 15.9 Å². The molecule has 0 aromatic heterocycles. The van der Waals surface area contributed by atoms with Gasteiger partial charge in [-0.3, -0.25) is 4.79 Å². The Hall–Kier alpha value is -1.57. The highest BCUT2D eigenvalue weighted by Gasteiger charge is 2.23. The topological polar surface area (TPSA) is 105 Å². The number of benzene rings is 1. The fraction of sp³-hybridized carbons (Fsp3) is 0.364. The van der Waals surface area contributed by atoms with E-state index in [1.165, 1.54) is 0 Å². The molecule has 1 aromatic carbocycles. The van der Waals surface area contributed by atoms with Crippen molar-refractivity contribution in [3.05, 3.63) is 23.8 Å². The van der Waals surface area contributed by atoms with E-state index in [9.17, 15) is 9.82 Å². The van der Waals surface area contributed by atoms with E-state index in [2.05, 4.69) is 5.32 Å². The number of aliphatic carboxylic acids is 1. The lowest BCUT2D eigenvalue weighted by Gasteiger charge is -2.12. The first-order chi connectivity index (χ1) is 8.58. The molecule has 6 nitrogen and oxygen atoms in total. The van der Waals surface area contributed by atoms with Gasteiger partial charge in [0.15, 0.2) is 0 Å². The molecule has 0 saturated heterocycles. The van der Waals surface area contributed by atoms with Gasteiger partial charge >= 0.3 is 13.1 Å². The largest absolute Gasteiger partial charge is 0.493 e. The van der Waals surface area contributed by atoms with E-state index >= 15 is 0 Å². The van der Waals surface area contributed by atoms with Crippen molar-refractivity contribution in [1.82, 2.24) is 0 Å².